The van der Waals surface area contributed by atoms with E-state index in [0.717, 1.165) is 0 Å². The maximum atomic E-state index is 13.2. The summed E-state index contributed by atoms with van der Waals surface area (Å²) >= 11 is 6.08. The first kappa shape index (κ1) is 17.2. The predicted molar refractivity (Wildman–Crippen MR) is 85.1 cm³/mol. The summed E-state index contributed by atoms with van der Waals surface area (Å²) in [5, 5.41) is 9.36. The van der Waals surface area contributed by atoms with E-state index >= 15 is 0 Å². The Kier molecular flexibility index (Phi) is 5.06. The van der Waals surface area contributed by atoms with Crippen LogP contribution in [0.4, 0.5) is 4.39 Å². The number of nitrogens with zero attached hydrogens (tertiary/aromatic N) is 1. The van der Waals surface area contributed by atoms with E-state index < -0.39 is 23.8 Å². The topological polar surface area (TPSA) is 66.8 Å². The Morgan fingerprint density at radius 3 is 2.71 bits per heavy atom. The Bertz CT molecular complexity index is 653. The number of benzene rings is 1. The number of carbonyl (C=O) groups is 2. The molecule has 2 aliphatic rings. The van der Waals surface area contributed by atoms with Crippen LogP contribution in [0, 0.1) is 17.7 Å². The average Bonchev–Trinajstić information content (AvgIpc) is 3.04. The van der Waals surface area contributed by atoms with Gasteiger partial charge in [-0.3, -0.25) is 9.59 Å². The number of carbonyl (C=O) groups excluding carboxylic acids is 1. The second kappa shape index (κ2) is 7.07. The van der Waals surface area contributed by atoms with Crippen LogP contribution in [0.15, 0.2) is 18.2 Å². The standard InChI is InChI=1S/C17H19ClFNO4/c18-14-8-12(19)3-4-13(14)15-9-20(5-6-24-15)16(21)10-1-2-11(7-10)17(22)23/h3-4,8,10-11,15H,1-2,5-7,9H2,(H,22,23)/t10-,11+,15?/m0/s1. The Balaban J connectivity index is 1.67. The second-order valence-corrected chi connectivity index (χ2v) is 6.76. The highest BCUT2D eigenvalue weighted by Gasteiger charge is 2.37. The summed E-state index contributed by atoms with van der Waals surface area (Å²) < 4.78 is 18.9. The van der Waals surface area contributed by atoms with Crippen LogP contribution in [0.25, 0.3) is 0 Å². The molecule has 24 heavy (non-hydrogen) atoms. The number of rotatable bonds is 3. The number of morpholine rings is 1. The number of amides is 1. The minimum Gasteiger partial charge on any atom is -0.481 e. The lowest BCUT2D eigenvalue weighted by Crippen LogP contribution is -2.44. The van der Waals surface area contributed by atoms with Gasteiger partial charge in [-0.2, -0.15) is 0 Å². The van der Waals surface area contributed by atoms with Crippen LogP contribution < -0.4 is 0 Å². The highest BCUT2D eigenvalue weighted by Crippen LogP contribution is 2.34. The van der Waals surface area contributed by atoms with Crippen molar-refractivity contribution in [3.8, 4) is 0 Å². The molecule has 7 heteroatoms. The number of halogens is 2. The van der Waals surface area contributed by atoms with Crippen molar-refractivity contribution in [2.24, 2.45) is 11.8 Å². The molecule has 0 bridgehead atoms. The lowest BCUT2D eigenvalue weighted by atomic mass is 10.0. The van der Waals surface area contributed by atoms with Crippen molar-refractivity contribution in [2.75, 3.05) is 19.7 Å². The molecule has 1 aromatic carbocycles. The number of aliphatic carboxylic acids is 1. The smallest absolute Gasteiger partial charge is 0.306 e. The van der Waals surface area contributed by atoms with Crippen LogP contribution in [-0.4, -0.2) is 41.6 Å². The van der Waals surface area contributed by atoms with Crippen molar-refractivity contribution >= 4 is 23.5 Å². The fourth-order valence-corrected chi connectivity index (χ4v) is 3.78. The van der Waals surface area contributed by atoms with Gasteiger partial charge in [0.25, 0.3) is 0 Å². The van der Waals surface area contributed by atoms with Crippen LogP contribution in [0.3, 0.4) is 0 Å². The summed E-state index contributed by atoms with van der Waals surface area (Å²) in [5.41, 5.74) is 0.658. The van der Waals surface area contributed by atoms with Crippen LogP contribution >= 0.6 is 11.6 Å². The third kappa shape index (κ3) is 3.54. The number of carboxylic acids is 1. The van der Waals surface area contributed by atoms with Crippen LogP contribution in [-0.2, 0) is 14.3 Å². The van der Waals surface area contributed by atoms with E-state index in [1.165, 1.54) is 12.1 Å². The maximum absolute atomic E-state index is 13.2. The minimum absolute atomic E-state index is 0.0229. The fourth-order valence-electron chi connectivity index (χ4n) is 3.49. The molecule has 0 radical (unpaired) electrons. The quantitative estimate of drug-likeness (QED) is 0.905. The molecular formula is C17H19ClFNO4. The van der Waals surface area contributed by atoms with Gasteiger partial charge in [0.15, 0.2) is 0 Å². The minimum atomic E-state index is -0.830. The summed E-state index contributed by atoms with van der Waals surface area (Å²) in [6, 6.07) is 4.13. The van der Waals surface area contributed by atoms with Gasteiger partial charge in [-0.15, -0.1) is 0 Å². The van der Waals surface area contributed by atoms with Gasteiger partial charge in [0, 0.05) is 23.0 Å². The van der Waals surface area contributed by atoms with E-state index in [9.17, 15) is 14.0 Å². The van der Waals surface area contributed by atoms with E-state index in [1.54, 1.807) is 11.0 Å². The Morgan fingerprint density at radius 1 is 1.29 bits per heavy atom. The van der Waals surface area contributed by atoms with E-state index in [-0.39, 0.29) is 16.8 Å². The normalized spacial score (nSPS) is 27.2. The largest absolute Gasteiger partial charge is 0.481 e. The molecule has 0 spiro atoms. The van der Waals surface area contributed by atoms with Crippen molar-refractivity contribution in [2.45, 2.75) is 25.4 Å². The van der Waals surface area contributed by atoms with Crippen molar-refractivity contribution in [3.05, 3.63) is 34.6 Å². The molecule has 1 heterocycles. The van der Waals surface area contributed by atoms with Crippen molar-refractivity contribution in [1.82, 2.24) is 4.90 Å². The number of ether oxygens (including phenoxy) is 1. The lowest BCUT2D eigenvalue weighted by molar-refractivity contribution is -0.144. The van der Waals surface area contributed by atoms with Crippen LogP contribution in [0.2, 0.25) is 5.02 Å². The van der Waals surface area contributed by atoms with Gasteiger partial charge in [0.2, 0.25) is 5.91 Å². The van der Waals surface area contributed by atoms with Crippen molar-refractivity contribution in [3.63, 3.8) is 0 Å². The van der Waals surface area contributed by atoms with E-state index in [4.69, 9.17) is 21.4 Å². The molecule has 1 amide bonds. The van der Waals surface area contributed by atoms with Gasteiger partial charge < -0.3 is 14.7 Å². The molecule has 1 saturated heterocycles. The molecule has 1 aliphatic carbocycles. The highest BCUT2D eigenvalue weighted by molar-refractivity contribution is 6.31. The molecule has 1 saturated carbocycles. The third-order valence-corrected chi connectivity index (χ3v) is 5.15. The molecule has 1 aliphatic heterocycles. The van der Waals surface area contributed by atoms with Gasteiger partial charge >= 0.3 is 5.97 Å². The van der Waals surface area contributed by atoms with Gasteiger partial charge in [-0.1, -0.05) is 17.7 Å². The van der Waals surface area contributed by atoms with Crippen molar-refractivity contribution < 1.29 is 23.8 Å². The van der Waals surface area contributed by atoms with Gasteiger partial charge in [0.1, 0.15) is 11.9 Å². The molecule has 1 aromatic rings. The van der Waals surface area contributed by atoms with Gasteiger partial charge in [-0.05, 0) is 31.4 Å². The molecular weight excluding hydrogens is 337 g/mol. The molecule has 3 rings (SSSR count). The molecule has 2 fully saturated rings. The predicted octanol–water partition coefficient (Wildman–Crippen LogP) is 2.88. The summed E-state index contributed by atoms with van der Waals surface area (Å²) in [5.74, 6) is -1.94. The summed E-state index contributed by atoms with van der Waals surface area (Å²) in [7, 11) is 0. The van der Waals surface area contributed by atoms with Crippen LogP contribution in [0.1, 0.15) is 30.9 Å². The molecule has 1 N–H and O–H groups in total. The number of hydrogen-bond acceptors (Lipinski definition) is 3. The Morgan fingerprint density at radius 2 is 2.04 bits per heavy atom. The van der Waals surface area contributed by atoms with Gasteiger partial charge in [-0.25, -0.2) is 4.39 Å². The zero-order chi connectivity index (χ0) is 17.3. The maximum Gasteiger partial charge on any atom is 0.306 e. The van der Waals surface area contributed by atoms with E-state index in [0.29, 0.717) is 44.5 Å². The van der Waals surface area contributed by atoms with Crippen molar-refractivity contribution in [1.29, 1.82) is 0 Å². The first-order valence-electron chi connectivity index (χ1n) is 8.04. The summed E-state index contributed by atoms with van der Waals surface area (Å²) in [6.07, 6.45) is 1.15. The second-order valence-electron chi connectivity index (χ2n) is 6.35. The molecule has 130 valence electrons. The van der Waals surface area contributed by atoms with E-state index in [1.807, 2.05) is 0 Å². The fraction of sp³-hybridized carbons (Fsp3) is 0.529. The molecule has 5 nitrogen and oxygen atoms in total. The first-order chi connectivity index (χ1) is 11.5. The third-order valence-electron chi connectivity index (χ3n) is 4.82. The lowest BCUT2D eigenvalue weighted by Gasteiger charge is -2.35. The van der Waals surface area contributed by atoms with Crippen LogP contribution in [0.5, 0.6) is 0 Å². The zero-order valence-corrected chi connectivity index (χ0v) is 13.8. The summed E-state index contributed by atoms with van der Waals surface area (Å²) in [4.78, 5) is 25.4. The first-order valence-corrected chi connectivity index (χ1v) is 8.41. The molecule has 0 aromatic heterocycles. The number of hydrogen-bond donors (Lipinski definition) is 1. The Hall–Kier alpha value is -1.66. The monoisotopic (exact) mass is 355 g/mol. The molecule has 1 unspecified atom stereocenters. The number of carboxylic acid groups (broad SMARTS) is 1. The van der Waals surface area contributed by atoms with Gasteiger partial charge in [0.05, 0.1) is 19.1 Å². The van der Waals surface area contributed by atoms with E-state index in [2.05, 4.69) is 0 Å². The Labute approximate surface area is 144 Å². The average molecular weight is 356 g/mol. The highest BCUT2D eigenvalue weighted by atomic mass is 35.5. The SMILES string of the molecule is O=C(O)[C@@H]1CC[C@H](C(=O)N2CCOC(c3ccc(F)cc3Cl)C2)C1. The zero-order valence-electron chi connectivity index (χ0n) is 13.1. The molecule has 3 atom stereocenters. The summed E-state index contributed by atoms with van der Waals surface area (Å²) in [6.45, 7) is 1.19.